The molecule has 0 aromatic rings. The third-order valence-corrected chi connectivity index (χ3v) is 1.83. The van der Waals surface area contributed by atoms with Crippen LogP contribution in [0.15, 0.2) is 0 Å². The summed E-state index contributed by atoms with van der Waals surface area (Å²) in [5.74, 6) is 0. The molecule has 0 radical (unpaired) electrons. The van der Waals surface area contributed by atoms with Crippen molar-refractivity contribution in [2.24, 2.45) is 0 Å². The highest BCUT2D eigenvalue weighted by Crippen LogP contribution is 1.95. The van der Waals surface area contributed by atoms with Crippen LogP contribution >= 0.6 is 24.8 Å². The summed E-state index contributed by atoms with van der Waals surface area (Å²) in [6.07, 6.45) is 2.40. The average Bonchev–Trinajstić information content (AvgIpc) is 1.82. The maximum absolute atomic E-state index is 4.82. The van der Waals surface area contributed by atoms with Gasteiger partial charge in [0.15, 0.2) is 0 Å². The Morgan fingerprint density at radius 1 is 1.60 bits per heavy atom. The van der Waals surface area contributed by atoms with Gasteiger partial charge >= 0.3 is 23.1 Å². The predicted octanol–water partition coefficient (Wildman–Crippen LogP) is 1.02. The quantitative estimate of drug-likeness (QED) is 0.401. The van der Waals surface area contributed by atoms with Crippen LogP contribution in [-0.2, 0) is 0 Å². The Morgan fingerprint density at radius 2 is 2.10 bits per heavy atom. The first-order valence-electron chi connectivity index (χ1n) is 3.12. The molecule has 0 amide bonds. The van der Waals surface area contributed by atoms with Crippen molar-refractivity contribution in [1.29, 1.82) is 0 Å². The van der Waals surface area contributed by atoms with Crippen LogP contribution in [0.1, 0.15) is 19.8 Å². The van der Waals surface area contributed by atoms with Gasteiger partial charge in [-0.3, -0.25) is 0 Å². The van der Waals surface area contributed by atoms with Gasteiger partial charge in [-0.1, -0.05) is 25.6 Å². The molecule has 10 heavy (non-hydrogen) atoms. The summed E-state index contributed by atoms with van der Waals surface area (Å²) in [5.41, 5.74) is 0. The molecular weight excluding hydrogens is 175 g/mol. The molecular formula is C6H15MgNS2. The monoisotopic (exact) mass is 189 g/mol. The molecule has 0 aromatic carbocycles. The van der Waals surface area contributed by atoms with E-state index < -0.39 is 0 Å². The van der Waals surface area contributed by atoms with Crippen LogP contribution < -0.4 is 0 Å². The van der Waals surface area contributed by atoms with E-state index in [2.05, 4.69) is 19.6 Å². The topological polar surface area (TPSA) is 3.24 Å². The molecule has 0 heterocycles. The van der Waals surface area contributed by atoms with E-state index in [-0.39, 0.29) is 23.1 Å². The van der Waals surface area contributed by atoms with E-state index in [1.807, 2.05) is 11.9 Å². The van der Waals surface area contributed by atoms with E-state index in [9.17, 15) is 0 Å². The van der Waals surface area contributed by atoms with Gasteiger partial charge in [0.05, 0.1) is 0 Å². The number of hydrogen-bond donors (Lipinski definition) is 1. The zero-order chi connectivity index (χ0) is 7.28. The normalized spacial score (nSPS) is 8.30. The van der Waals surface area contributed by atoms with E-state index in [1.165, 1.54) is 12.8 Å². The minimum absolute atomic E-state index is 0. The maximum atomic E-state index is 4.82. The lowest BCUT2D eigenvalue weighted by atomic mass is 10.3. The fourth-order valence-corrected chi connectivity index (χ4v) is 0.682. The van der Waals surface area contributed by atoms with Crippen LogP contribution in [0.5, 0.6) is 0 Å². The molecule has 0 saturated carbocycles. The van der Waals surface area contributed by atoms with Gasteiger partial charge in [0, 0.05) is 13.6 Å². The van der Waals surface area contributed by atoms with E-state index >= 15 is 0 Å². The molecule has 0 saturated heterocycles. The van der Waals surface area contributed by atoms with E-state index in [0.29, 0.717) is 4.32 Å². The summed E-state index contributed by atoms with van der Waals surface area (Å²) < 4.78 is 0.684. The van der Waals surface area contributed by atoms with Gasteiger partial charge in [0.2, 0.25) is 0 Å². The van der Waals surface area contributed by atoms with Gasteiger partial charge in [-0.05, 0) is 6.42 Å². The van der Waals surface area contributed by atoms with Crippen LogP contribution in [0.25, 0.3) is 0 Å². The lowest BCUT2D eigenvalue weighted by molar-refractivity contribution is 0.500. The summed E-state index contributed by atoms with van der Waals surface area (Å²) in [6.45, 7) is 3.19. The molecule has 0 bridgehead atoms. The number of unbranched alkanes of at least 4 members (excludes halogenated alkanes) is 1. The highest BCUT2D eigenvalue weighted by atomic mass is 32.1. The van der Waals surface area contributed by atoms with Gasteiger partial charge in [0.1, 0.15) is 4.32 Å². The SMILES string of the molecule is CCCCN(C)C(=S)S.[MgH2]. The van der Waals surface area contributed by atoms with Crippen molar-refractivity contribution in [1.82, 2.24) is 4.90 Å². The van der Waals surface area contributed by atoms with Crippen molar-refractivity contribution in [2.45, 2.75) is 19.8 Å². The number of nitrogens with zero attached hydrogens (tertiary/aromatic N) is 1. The van der Waals surface area contributed by atoms with Crippen LogP contribution in [-0.4, -0.2) is 45.9 Å². The van der Waals surface area contributed by atoms with Crippen molar-refractivity contribution in [3.8, 4) is 0 Å². The van der Waals surface area contributed by atoms with Crippen molar-refractivity contribution in [2.75, 3.05) is 13.6 Å². The van der Waals surface area contributed by atoms with E-state index in [1.54, 1.807) is 0 Å². The Hall–Kier alpha value is 1.01. The number of hydrogen-bond acceptors (Lipinski definition) is 1. The Labute approximate surface area is 90.1 Å². The molecule has 0 unspecified atom stereocenters. The van der Waals surface area contributed by atoms with Crippen molar-refractivity contribution in [3.63, 3.8) is 0 Å². The third kappa shape index (κ3) is 7.12. The molecule has 0 aromatic heterocycles. The second-order valence-electron chi connectivity index (χ2n) is 2.06. The van der Waals surface area contributed by atoms with Crippen LogP contribution in [0.4, 0.5) is 0 Å². The standard InChI is InChI=1S/C6H13NS2.Mg.2H/c1-3-4-5-7(2)6(8)9;;;/h3-5H2,1-2H3,(H,8,9);;;. The number of rotatable bonds is 3. The highest BCUT2D eigenvalue weighted by Gasteiger charge is 1.95. The molecule has 1 nitrogen and oxygen atoms in total. The molecule has 0 spiro atoms. The second-order valence-corrected chi connectivity index (χ2v) is 3.17. The first kappa shape index (κ1) is 13.6. The fraction of sp³-hybridized carbons (Fsp3) is 0.833. The smallest absolute Gasteiger partial charge is 0.316 e. The first-order valence-corrected chi connectivity index (χ1v) is 3.98. The van der Waals surface area contributed by atoms with Crippen LogP contribution in [0, 0.1) is 0 Å². The largest absolute Gasteiger partial charge is 0.361 e. The Balaban J connectivity index is 0. The number of thiocarbonyl (C=S) groups is 1. The fourth-order valence-electron chi connectivity index (χ4n) is 0.491. The molecule has 4 heteroatoms. The van der Waals surface area contributed by atoms with Crippen LogP contribution in [0.2, 0.25) is 0 Å². The minimum atomic E-state index is 0. The molecule has 0 N–H and O–H groups in total. The van der Waals surface area contributed by atoms with E-state index in [4.69, 9.17) is 12.2 Å². The molecule has 0 aliphatic heterocycles. The van der Waals surface area contributed by atoms with Crippen LogP contribution in [0.3, 0.4) is 0 Å². The Morgan fingerprint density at radius 3 is 2.40 bits per heavy atom. The second kappa shape index (κ2) is 8.11. The third-order valence-electron chi connectivity index (χ3n) is 1.17. The minimum Gasteiger partial charge on any atom is -0.361 e. The lowest BCUT2D eigenvalue weighted by Gasteiger charge is -2.14. The molecule has 0 rings (SSSR count). The summed E-state index contributed by atoms with van der Waals surface area (Å²) in [4.78, 5) is 1.97. The summed E-state index contributed by atoms with van der Waals surface area (Å²) in [7, 11) is 1.96. The maximum Gasteiger partial charge on any atom is 0.316 e. The molecule has 58 valence electrons. The van der Waals surface area contributed by atoms with E-state index in [0.717, 1.165) is 6.54 Å². The van der Waals surface area contributed by atoms with Crippen molar-refractivity contribution >= 4 is 52.2 Å². The Bertz CT molecular complexity index is 97.7. The van der Waals surface area contributed by atoms with Gasteiger partial charge in [-0.2, -0.15) is 0 Å². The van der Waals surface area contributed by atoms with Crippen molar-refractivity contribution < 1.29 is 0 Å². The highest BCUT2D eigenvalue weighted by molar-refractivity contribution is 8.10. The predicted molar refractivity (Wildman–Crippen MR) is 57.7 cm³/mol. The Kier molecular flexibility index (Phi) is 11.0. The van der Waals surface area contributed by atoms with Gasteiger partial charge in [-0.25, -0.2) is 0 Å². The first-order chi connectivity index (χ1) is 4.18. The zero-order valence-electron chi connectivity index (χ0n) is 5.92. The molecule has 0 aliphatic rings. The van der Waals surface area contributed by atoms with Gasteiger partial charge < -0.3 is 4.90 Å². The zero-order valence-corrected chi connectivity index (χ0v) is 7.63. The number of thiol groups is 1. The molecule has 0 atom stereocenters. The summed E-state index contributed by atoms with van der Waals surface area (Å²) in [5, 5.41) is 0. The molecule has 0 aliphatic carbocycles. The van der Waals surface area contributed by atoms with Gasteiger partial charge in [-0.15, -0.1) is 12.6 Å². The lowest BCUT2D eigenvalue weighted by Crippen LogP contribution is -2.21. The molecule has 0 fully saturated rings. The summed E-state index contributed by atoms with van der Waals surface area (Å²) in [6, 6.07) is 0. The average molecular weight is 190 g/mol. The van der Waals surface area contributed by atoms with Crippen molar-refractivity contribution in [3.05, 3.63) is 0 Å². The van der Waals surface area contributed by atoms with Gasteiger partial charge in [0.25, 0.3) is 0 Å². The summed E-state index contributed by atoms with van der Waals surface area (Å²) >= 11 is 8.84.